The molecule has 0 aliphatic heterocycles. The van der Waals surface area contributed by atoms with E-state index >= 15 is 0 Å². The van der Waals surface area contributed by atoms with Gasteiger partial charge < -0.3 is 5.11 Å². The van der Waals surface area contributed by atoms with Crippen molar-refractivity contribution in [3.8, 4) is 5.75 Å². The number of aliphatic imine (C=N–C) groups is 1. The molecule has 2 nitrogen and oxygen atoms in total. The van der Waals surface area contributed by atoms with Gasteiger partial charge in [-0.2, -0.15) is 8.78 Å². The Morgan fingerprint density at radius 1 is 0.865 bits per heavy atom. The monoisotopic (exact) mass is 673 g/mol. The number of para-hydroxylation sites is 1. The molecule has 0 saturated carbocycles. The molecule has 2 aromatic carbocycles. The summed E-state index contributed by atoms with van der Waals surface area (Å²) in [5, 5.41) is 3.12. The number of phenolic OH excluding ortho intramolecular Hbond substituents is 1. The van der Waals surface area contributed by atoms with Gasteiger partial charge in [0, 0.05) is 17.3 Å². The molecule has 0 aliphatic carbocycles. The predicted molar refractivity (Wildman–Crippen MR) is 121 cm³/mol. The quantitative estimate of drug-likeness (QED) is 0.191. The summed E-state index contributed by atoms with van der Waals surface area (Å²) in [7, 11) is -13.1. The summed E-state index contributed by atoms with van der Waals surface area (Å²) in [6.45, 7) is 4.94. The van der Waals surface area contributed by atoms with Gasteiger partial charge in [-0.25, -0.2) is 0 Å². The average molecular weight is 674 g/mol. The molecule has 214 valence electrons. The topological polar surface area (TPSA) is 32.6 Å². The molecule has 19 heteroatoms. The van der Waals surface area contributed by atoms with Gasteiger partial charge >= 0.3 is 61.3 Å². The van der Waals surface area contributed by atoms with Crippen molar-refractivity contribution in [2.75, 3.05) is 0 Å². The van der Waals surface area contributed by atoms with Crippen LogP contribution in [0, 0.1) is 0 Å². The van der Waals surface area contributed by atoms with Crippen LogP contribution in [0.3, 0.4) is 0 Å². The molecule has 0 atom stereocenters. The molecule has 37 heavy (non-hydrogen) atoms. The van der Waals surface area contributed by atoms with Gasteiger partial charge in [0.25, 0.3) is 0 Å². The fraction of sp³-hybridized carbons (Fsp3) is 0.278. The van der Waals surface area contributed by atoms with Crippen LogP contribution in [0.4, 0.5) is 53.3 Å². The van der Waals surface area contributed by atoms with Gasteiger partial charge in [-0.15, -0.1) is 0 Å². The van der Waals surface area contributed by atoms with Gasteiger partial charge in [0.1, 0.15) is 10.6 Å². The van der Waals surface area contributed by atoms with Gasteiger partial charge in [-0.3, -0.25) is 4.99 Å². The Bertz CT molecular complexity index is 1220. The first-order valence-corrected chi connectivity index (χ1v) is 17.4. The zero-order valence-corrected chi connectivity index (χ0v) is 23.3. The van der Waals surface area contributed by atoms with Crippen LogP contribution < -0.4 is 0 Å². The van der Waals surface area contributed by atoms with Crippen LogP contribution >= 0.6 is 39.1 Å². The van der Waals surface area contributed by atoms with Crippen LogP contribution in [-0.4, -0.2) is 11.3 Å². The van der Waals surface area contributed by atoms with Crippen molar-refractivity contribution >= 4 is 51.0 Å². The minimum absolute atomic E-state index is 0.259. The average Bonchev–Trinajstić information content (AvgIpc) is 2.62. The van der Waals surface area contributed by atoms with Gasteiger partial charge in [-0.05, 0) is 35.2 Å². The maximum absolute atomic E-state index is 13.5. The van der Waals surface area contributed by atoms with E-state index in [1.54, 1.807) is 20.8 Å². The summed E-state index contributed by atoms with van der Waals surface area (Å²) in [6.07, 6.45) is 0.440. The van der Waals surface area contributed by atoms with Gasteiger partial charge in [0.2, 0.25) is 0 Å². The van der Waals surface area contributed by atoms with E-state index < -0.39 is 82.2 Å². The SMILES string of the molecule is CC(C)(C)c1cccc(C=Nc2ccc(C(F)(F)S(F)(F)(F)(F)F)cc2S(F)(F)(F)(F)F)c1O.[Cl][Ti][Cl]. The predicted octanol–water partition coefficient (Wildman–Crippen LogP) is 11.8. The van der Waals surface area contributed by atoms with Crippen LogP contribution in [0.15, 0.2) is 46.3 Å². The van der Waals surface area contributed by atoms with Crippen LogP contribution in [0.1, 0.15) is 37.5 Å². The first kappa shape index (κ1) is 34.1. The number of phenols is 1. The summed E-state index contributed by atoms with van der Waals surface area (Å²) < 4.78 is 158. The maximum atomic E-state index is 13.5. The van der Waals surface area contributed by atoms with E-state index in [-0.39, 0.29) is 17.2 Å². The zero-order valence-electron chi connectivity index (χ0n) is 18.5. The van der Waals surface area contributed by atoms with E-state index in [4.69, 9.17) is 18.6 Å². The molecule has 0 saturated heterocycles. The van der Waals surface area contributed by atoms with Crippen molar-refractivity contribution < 1.29 is 69.8 Å². The molecular formula is C18H17Cl2F12NOS2Ti. The summed E-state index contributed by atoms with van der Waals surface area (Å²) in [6, 6.07) is 1.64. The standard InChI is InChI=1S/C18H17F12NOS2.2ClH.Ti/c1-17(2,3)13-6-4-5-11(16(13)32)10-31-14-8-7-12(9-15(14)33(21,22,23,24)25)18(19,20)34(26,27,28,29)30;;;/h4-10,32H,1-3H3;2*1H;/q;;;+2/p-2. The van der Waals surface area contributed by atoms with Crippen molar-refractivity contribution in [3.05, 3.63) is 53.1 Å². The normalized spacial score (nSPS) is 17.1. The van der Waals surface area contributed by atoms with Gasteiger partial charge in [0.15, 0.2) is 0 Å². The number of alkyl halides is 2. The first-order chi connectivity index (χ1) is 15.9. The summed E-state index contributed by atoms with van der Waals surface area (Å²) in [5.41, 5.74) is -5.60. The second-order valence-corrected chi connectivity index (χ2v) is 15.9. The van der Waals surface area contributed by atoms with Crippen LogP contribution in [0.2, 0.25) is 0 Å². The summed E-state index contributed by atoms with van der Waals surface area (Å²) in [4.78, 5) is -0.254. The second-order valence-electron chi connectivity index (χ2n) is 8.46. The number of rotatable bonds is 5. The first-order valence-electron chi connectivity index (χ1n) is 9.18. The molecule has 0 bridgehead atoms. The van der Waals surface area contributed by atoms with Crippen LogP contribution in [0.25, 0.3) is 0 Å². The van der Waals surface area contributed by atoms with E-state index in [0.717, 1.165) is 6.07 Å². The molecule has 0 aromatic heterocycles. The van der Waals surface area contributed by atoms with Crippen molar-refractivity contribution in [2.24, 2.45) is 4.99 Å². The zero-order chi connectivity index (χ0) is 29.6. The molecule has 0 unspecified atom stereocenters. The fourth-order valence-electron chi connectivity index (χ4n) is 2.74. The Morgan fingerprint density at radius 3 is 1.76 bits per heavy atom. The minimum atomic E-state index is -11.8. The Kier molecular flexibility index (Phi) is 8.09. The molecule has 1 N–H and O–H groups in total. The number of benzene rings is 2. The van der Waals surface area contributed by atoms with Crippen LogP contribution in [-0.2, 0) is 27.7 Å². The number of aromatic hydroxyl groups is 1. The van der Waals surface area contributed by atoms with Gasteiger partial charge in [-0.1, -0.05) is 71.8 Å². The molecule has 0 radical (unpaired) electrons. The van der Waals surface area contributed by atoms with Crippen molar-refractivity contribution in [1.29, 1.82) is 0 Å². The fourth-order valence-corrected chi connectivity index (χ4v) is 4.18. The Labute approximate surface area is 220 Å². The Hall–Kier alpha value is -0.936. The molecule has 0 spiro atoms. The Balaban J connectivity index is 0.00000217. The number of hydrogen-bond donors (Lipinski definition) is 1. The molecular weight excluding hydrogens is 657 g/mol. The third kappa shape index (κ3) is 8.27. The van der Waals surface area contributed by atoms with E-state index in [1.807, 2.05) is 0 Å². The number of nitrogens with zero attached hydrogens (tertiary/aromatic N) is 1. The molecule has 2 aromatic rings. The van der Waals surface area contributed by atoms with Crippen LogP contribution in [0.5, 0.6) is 5.75 Å². The molecule has 0 aliphatic rings. The van der Waals surface area contributed by atoms with E-state index in [0.29, 0.717) is 6.21 Å². The van der Waals surface area contributed by atoms with E-state index in [1.165, 1.54) is 12.1 Å². The van der Waals surface area contributed by atoms with Crippen molar-refractivity contribution in [3.63, 3.8) is 0 Å². The molecule has 2 rings (SSSR count). The summed E-state index contributed by atoms with van der Waals surface area (Å²) >= 11 is -0.556. The van der Waals surface area contributed by atoms with E-state index in [9.17, 15) is 52.7 Å². The second kappa shape index (κ2) is 8.78. The number of hydrogen-bond acceptors (Lipinski definition) is 2. The van der Waals surface area contributed by atoms with Crippen molar-refractivity contribution in [1.82, 2.24) is 0 Å². The third-order valence-corrected chi connectivity index (χ3v) is 6.78. The molecule has 0 heterocycles. The number of halogens is 14. The van der Waals surface area contributed by atoms with Crippen molar-refractivity contribution in [2.45, 2.75) is 36.3 Å². The summed E-state index contributed by atoms with van der Waals surface area (Å²) in [5.74, 6) is -0.517. The molecule has 0 fully saturated rings. The Morgan fingerprint density at radius 2 is 1.35 bits per heavy atom. The van der Waals surface area contributed by atoms with E-state index in [2.05, 4.69) is 4.99 Å². The third-order valence-electron chi connectivity index (χ3n) is 4.41. The molecule has 0 amide bonds. The van der Waals surface area contributed by atoms with Gasteiger partial charge in [0.05, 0.1) is 5.69 Å².